The number of hydrogen-bond donors (Lipinski definition) is 2. The lowest BCUT2D eigenvalue weighted by atomic mass is 9.97. The van der Waals surface area contributed by atoms with Crippen LogP contribution >= 0.6 is 0 Å². The molecule has 2 N–H and O–H groups in total. The predicted octanol–water partition coefficient (Wildman–Crippen LogP) is 1.93. The molecule has 0 saturated heterocycles. The highest BCUT2D eigenvalue weighted by Gasteiger charge is 2.15. The van der Waals surface area contributed by atoms with Gasteiger partial charge in [0.2, 0.25) is 5.91 Å². The molecule has 3 nitrogen and oxygen atoms in total. The van der Waals surface area contributed by atoms with Crippen LogP contribution in [0.5, 0.6) is 0 Å². The van der Waals surface area contributed by atoms with Crippen molar-refractivity contribution in [2.45, 2.75) is 46.0 Å². The van der Waals surface area contributed by atoms with E-state index in [1.807, 2.05) is 7.05 Å². The van der Waals surface area contributed by atoms with Gasteiger partial charge in [-0.05, 0) is 32.9 Å². The van der Waals surface area contributed by atoms with E-state index in [9.17, 15) is 4.79 Å². The zero-order valence-electron chi connectivity index (χ0n) is 10.4. The van der Waals surface area contributed by atoms with Crippen LogP contribution < -0.4 is 10.6 Å². The van der Waals surface area contributed by atoms with Crippen LogP contribution in [0.2, 0.25) is 0 Å². The van der Waals surface area contributed by atoms with E-state index >= 15 is 0 Å². The Morgan fingerprint density at radius 1 is 1.13 bits per heavy atom. The number of hydrogen-bond acceptors (Lipinski definition) is 2. The molecule has 0 rings (SSSR count). The molecule has 1 amide bonds. The summed E-state index contributed by atoms with van der Waals surface area (Å²) in [7, 11) is 1.93. The quantitative estimate of drug-likeness (QED) is 0.576. The smallest absolute Gasteiger partial charge is 0.223 e. The van der Waals surface area contributed by atoms with Gasteiger partial charge in [-0.2, -0.15) is 0 Å². The Hall–Kier alpha value is -0.570. The second-order valence-corrected chi connectivity index (χ2v) is 4.02. The lowest BCUT2D eigenvalue weighted by Crippen LogP contribution is -2.32. The number of carbonyl (C=O) groups is 1. The first-order valence-electron chi connectivity index (χ1n) is 6.18. The van der Waals surface area contributed by atoms with Crippen LogP contribution in [0.4, 0.5) is 0 Å². The number of rotatable bonds is 9. The zero-order chi connectivity index (χ0) is 11.5. The SMILES string of the molecule is CCCC(CCC)C(=O)NCCCNC. The minimum atomic E-state index is 0.231. The Bertz CT molecular complexity index is 154. The fraction of sp³-hybridized carbons (Fsp3) is 0.917. The third kappa shape index (κ3) is 7.37. The van der Waals surface area contributed by atoms with E-state index in [2.05, 4.69) is 24.5 Å². The summed E-state index contributed by atoms with van der Waals surface area (Å²) in [6.07, 6.45) is 5.23. The van der Waals surface area contributed by atoms with Crippen LogP contribution in [0.25, 0.3) is 0 Å². The van der Waals surface area contributed by atoms with Gasteiger partial charge in [0.25, 0.3) is 0 Å². The van der Waals surface area contributed by atoms with Gasteiger partial charge < -0.3 is 10.6 Å². The first-order chi connectivity index (χ1) is 7.26. The minimum Gasteiger partial charge on any atom is -0.356 e. The maximum Gasteiger partial charge on any atom is 0.223 e. The van der Waals surface area contributed by atoms with Gasteiger partial charge in [-0.1, -0.05) is 26.7 Å². The minimum absolute atomic E-state index is 0.231. The van der Waals surface area contributed by atoms with Crippen LogP contribution in [-0.4, -0.2) is 26.0 Å². The lowest BCUT2D eigenvalue weighted by molar-refractivity contribution is -0.125. The topological polar surface area (TPSA) is 41.1 Å². The average molecular weight is 214 g/mol. The summed E-state index contributed by atoms with van der Waals surface area (Å²) in [6, 6.07) is 0. The molecular weight excluding hydrogens is 188 g/mol. The van der Waals surface area contributed by atoms with E-state index in [0.29, 0.717) is 0 Å². The van der Waals surface area contributed by atoms with Crippen molar-refractivity contribution in [3.63, 3.8) is 0 Å². The van der Waals surface area contributed by atoms with Crippen LogP contribution in [0.1, 0.15) is 46.0 Å². The largest absolute Gasteiger partial charge is 0.356 e. The standard InChI is InChI=1S/C12H26N2O/c1-4-7-11(8-5-2)12(15)14-10-6-9-13-3/h11,13H,4-10H2,1-3H3,(H,14,15). The Balaban J connectivity index is 3.70. The van der Waals surface area contributed by atoms with Crippen LogP contribution in [0, 0.1) is 5.92 Å². The summed E-state index contributed by atoms with van der Waals surface area (Å²) in [5.74, 6) is 0.476. The summed E-state index contributed by atoms with van der Waals surface area (Å²) in [4.78, 5) is 11.8. The van der Waals surface area contributed by atoms with E-state index in [4.69, 9.17) is 0 Å². The first-order valence-corrected chi connectivity index (χ1v) is 6.18. The number of nitrogens with one attached hydrogen (secondary N) is 2. The van der Waals surface area contributed by atoms with E-state index in [1.54, 1.807) is 0 Å². The molecule has 0 aromatic carbocycles. The Morgan fingerprint density at radius 2 is 1.73 bits per heavy atom. The molecule has 0 atom stereocenters. The van der Waals surface area contributed by atoms with Crippen molar-refractivity contribution in [2.24, 2.45) is 5.92 Å². The molecule has 0 fully saturated rings. The third-order valence-electron chi connectivity index (χ3n) is 2.55. The molecule has 0 spiro atoms. The average Bonchev–Trinajstić information content (AvgIpc) is 2.24. The Kier molecular flexibility index (Phi) is 9.59. The second kappa shape index (κ2) is 9.97. The van der Waals surface area contributed by atoms with Crippen molar-refractivity contribution in [2.75, 3.05) is 20.1 Å². The van der Waals surface area contributed by atoms with Gasteiger partial charge in [-0.15, -0.1) is 0 Å². The molecule has 0 aliphatic rings. The molecule has 3 heteroatoms. The fourth-order valence-electron chi connectivity index (χ4n) is 1.72. The molecule has 0 aromatic rings. The molecule has 0 saturated carbocycles. The predicted molar refractivity (Wildman–Crippen MR) is 64.9 cm³/mol. The zero-order valence-corrected chi connectivity index (χ0v) is 10.4. The molecule has 15 heavy (non-hydrogen) atoms. The van der Waals surface area contributed by atoms with E-state index < -0.39 is 0 Å². The Labute approximate surface area is 94.0 Å². The van der Waals surface area contributed by atoms with Crippen molar-refractivity contribution in [1.29, 1.82) is 0 Å². The van der Waals surface area contributed by atoms with Crippen LogP contribution in [-0.2, 0) is 4.79 Å². The molecule has 0 bridgehead atoms. The van der Waals surface area contributed by atoms with Crippen molar-refractivity contribution in [3.05, 3.63) is 0 Å². The van der Waals surface area contributed by atoms with Crippen molar-refractivity contribution < 1.29 is 4.79 Å². The summed E-state index contributed by atoms with van der Waals surface area (Å²) in [5.41, 5.74) is 0. The Morgan fingerprint density at radius 3 is 2.20 bits per heavy atom. The van der Waals surface area contributed by atoms with Crippen LogP contribution in [0.3, 0.4) is 0 Å². The third-order valence-corrected chi connectivity index (χ3v) is 2.55. The van der Waals surface area contributed by atoms with E-state index in [-0.39, 0.29) is 11.8 Å². The maximum absolute atomic E-state index is 11.8. The summed E-state index contributed by atoms with van der Waals surface area (Å²) >= 11 is 0. The summed E-state index contributed by atoms with van der Waals surface area (Å²) < 4.78 is 0. The van der Waals surface area contributed by atoms with Gasteiger partial charge in [0, 0.05) is 12.5 Å². The normalized spacial score (nSPS) is 10.7. The van der Waals surface area contributed by atoms with Crippen molar-refractivity contribution in [1.82, 2.24) is 10.6 Å². The summed E-state index contributed by atoms with van der Waals surface area (Å²) in [6.45, 7) is 6.03. The number of carbonyl (C=O) groups excluding carboxylic acids is 1. The monoisotopic (exact) mass is 214 g/mol. The molecular formula is C12H26N2O. The molecule has 0 aromatic heterocycles. The second-order valence-electron chi connectivity index (χ2n) is 4.02. The van der Waals surface area contributed by atoms with Gasteiger partial charge in [0.15, 0.2) is 0 Å². The van der Waals surface area contributed by atoms with Gasteiger partial charge >= 0.3 is 0 Å². The van der Waals surface area contributed by atoms with Gasteiger partial charge in [0.1, 0.15) is 0 Å². The maximum atomic E-state index is 11.8. The highest BCUT2D eigenvalue weighted by molar-refractivity contribution is 5.78. The van der Waals surface area contributed by atoms with Gasteiger partial charge in [-0.25, -0.2) is 0 Å². The number of amides is 1. The van der Waals surface area contributed by atoms with Gasteiger partial charge in [0.05, 0.1) is 0 Å². The molecule has 0 heterocycles. The highest BCUT2D eigenvalue weighted by Crippen LogP contribution is 2.13. The molecule has 0 radical (unpaired) electrons. The van der Waals surface area contributed by atoms with Crippen LogP contribution in [0.15, 0.2) is 0 Å². The first kappa shape index (κ1) is 14.4. The lowest BCUT2D eigenvalue weighted by Gasteiger charge is -2.15. The summed E-state index contributed by atoms with van der Waals surface area (Å²) in [5, 5.41) is 6.08. The molecule has 0 aliphatic carbocycles. The van der Waals surface area contributed by atoms with Gasteiger partial charge in [-0.3, -0.25) is 4.79 Å². The van der Waals surface area contributed by atoms with E-state index in [0.717, 1.165) is 45.2 Å². The fourth-order valence-corrected chi connectivity index (χ4v) is 1.72. The molecule has 0 aliphatic heterocycles. The molecule has 90 valence electrons. The van der Waals surface area contributed by atoms with Crippen molar-refractivity contribution in [3.8, 4) is 0 Å². The molecule has 0 unspecified atom stereocenters. The van der Waals surface area contributed by atoms with E-state index in [1.165, 1.54) is 0 Å². The van der Waals surface area contributed by atoms with Crippen molar-refractivity contribution >= 4 is 5.91 Å². The highest BCUT2D eigenvalue weighted by atomic mass is 16.1.